The van der Waals surface area contributed by atoms with E-state index in [0.29, 0.717) is 17.9 Å². The zero-order valence-corrected chi connectivity index (χ0v) is 14.3. The van der Waals surface area contributed by atoms with E-state index in [4.69, 9.17) is 0 Å². The van der Waals surface area contributed by atoms with Crippen molar-refractivity contribution < 1.29 is 9.59 Å². The van der Waals surface area contributed by atoms with Crippen LogP contribution in [0.2, 0.25) is 0 Å². The summed E-state index contributed by atoms with van der Waals surface area (Å²) in [7, 11) is 0. The Morgan fingerprint density at radius 2 is 1.88 bits per heavy atom. The molecule has 0 fully saturated rings. The summed E-state index contributed by atoms with van der Waals surface area (Å²) in [4.78, 5) is 31.8. The van der Waals surface area contributed by atoms with E-state index in [9.17, 15) is 9.59 Å². The number of aromatic nitrogens is 3. The minimum Gasteiger partial charge on any atom is -0.347 e. The highest BCUT2D eigenvalue weighted by Gasteiger charge is 2.13. The minimum atomic E-state index is -0.138. The SMILES string of the molecule is CC(=O)c1cn(CC(=O)NCc2nc3ccccc3[nH]2)c2ccccc12. The van der Waals surface area contributed by atoms with E-state index in [1.54, 1.807) is 10.8 Å². The lowest BCUT2D eigenvalue weighted by molar-refractivity contribution is -0.121. The maximum atomic E-state index is 12.4. The standard InChI is InChI=1S/C20H18N4O2/c1-13(25)15-11-24(18-9-5-2-6-14(15)18)12-20(26)21-10-19-22-16-7-3-4-8-17(16)23-19/h2-9,11H,10,12H2,1H3,(H,21,26)(H,22,23). The number of benzene rings is 2. The molecule has 0 saturated heterocycles. The molecule has 0 spiro atoms. The lowest BCUT2D eigenvalue weighted by Crippen LogP contribution is -2.27. The number of H-pyrrole nitrogens is 1. The fourth-order valence-electron chi connectivity index (χ4n) is 3.14. The second-order valence-corrected chi connectivity index (χ2v) is 6.22. The minimum absolute atomic E-state index is 0.0115. The Morgan fingerprint density at radius 1 is 1.12 bits per heavy atom. The number of para-hydroxylation sites is 3. The first-order chi connectivity index (χ1) is 12.6. The Hall–Kier alpha value is -3.41. The third-order valence-corrected chi connectivity index (χ3v) is 4.37. The predicted molar refractivity (Wildman–Crippen MR) is 99.9 cm³/mol. The largest absolute Gasteiger partial charge is 0.347 e. The van der Waals surface area contributed by atoms with Gasteiger partial charge in [-0.1, -0.05) is 30.3 Å². The molecule has 0 saturated carbocycles. The van der Waals surface area contributed by atoms with Crippen LogP contribution in [0.1, 0.15) is 23.1 Å². The molecule has 26 heavy (non-hydrogen) atoms. The molecule has 2 aromatic heterocycles. The first kappa shape index (κ1) is 16.1. The van der Waals surface area contributed by atoms with E-state index >= 15 is 0 Å². The molecule has 130 valence electrons. The number of nitrogens with zero attached hydrogens (tertiary/aromatic N) is 2. The van der Waals surface area contributed by atoms with Crippen LogP contribution in [0.5, 0.6) is 0 Å². The molecule has 0 bridgehead atoms. The molecule has 0 aliphatic rings. The average molecular weight is 346 g/mol. The summed E-state index contributed by atoms with van der Waals surface area (Å²) in [6.07, 6.45) is 1.74. The van der Waals surface area contributed by atoms with E-state index in [1.165, 1.54) is 6.92 Å². The average Bonchev–Trinajstić information content (AvgIpc) is 3.21. The number of amides is 1. The van der Waals surface area contributed by atoms with Gasteiger partial charge >= 0.3 is 0 Å². The highest BCUT2D eigenvalue weighted by molar-refractivity contribution is 6.07. The van der Waals surface area contributed by atoms with E-state index < -0.39 is 0 Å². The number of aromatic amines is 1. The molecule has 4 aromatic rings. The Bertz CT molecular complexity index is 1090. The topological polar surface area (TPSA) is 79.8 Å². The number of nitrogens with one attached hydrogen (secondary N) is 2. The number of hydrogen-bond donors (Lipinski definition) is 2. The van der Waals surface area contributed by atoms with Crippen molar-refractivity contribution in [1.82, 2.24) is 19.9 Å². The Kier molecular flexibility index (Phi) is 4.01. The maximum Gasteiger partial charge on any atom is 0.240 e. The zero-order chi connectivity index (χ0) is 18.1. The van der Waals surface area contributed by atoms with Crippen molar-refractivity contribution in [3.05, 3.63) is 66.1 Å². The molecule has 4 rings (SSSR count). The molecule has 0 unspecified atom stereocenters. The predicted octanol–water partition coefficient (Wildman–Crippen LogP) is 3.04. The highest BCUT2D eigenvalue weighted by Crippen LogP contribution is 2.21. The molecule has 0 aliphatic heterocycles. The van der Waals surface area contributed by atoms with Gasteiger partial charge in [-0.25, -0.2) is 4.98 Å². The zero-order valence-electron chi connectivity index (χ0n) is 14.3. The Labute approximate surface area is 149 Å². The van der Waals surface area contributed by atoms with E-state index in [0.717, 1.165) is 21.9 Å². The summed E-state index contributed by atoms with van der Waals surface area (Å²) in [6, 6.07) is 15.3. The van der Waals surface area contributed by atoms with E-state index in [1.807, 2.05) is 48.5 Å². The van der Waals surface area contributed by atoms with Gasteiger partial charge in [-0.3, -0.25) is 9.59 Å². The molecule has 2 N–H and O–H groups in total. The van der Waals surface area contributed by atoms with Crippen LogP contribution in [0.4, 0.5) is 0 Å². The van der Waals surface area contributed by atoms with Crippen molar-refractivity contribution in [1.29, 1.82) is 0 Å². The molecule has 2 heterocycles. The number of ketones is 1. The van der Waals surface area contributed by atoms with E-state index in [-0.39, 0.29) is 18.2 Å². The summed E-state index contributed by atoms with van der Waals surface area (Å²) >= 11 is 0. The molecular formula is C20H18N4O2. The molecule has 6 heteroatoms. The molecule has 2 aromatic carbocycles. The van der Waals surface area contributed by atoms with Crippen LogP contribution in [0, 0.1) is 0 Å². The van der Waals surface area contributed by atoms with Crippen molar-refractivity contribution in [3.63, 3.8) is 0 Å². The fourth-order valence-corrected chi connectivity index (χ4v) is 3.14. The lowest BCUT2D eigenvalue weighted by Gasteiger charge is -2.06. The van der Waals surface area contributed by atoms with Crippen molar-refractivity contribution in [3.8, 4) is 0 Å². The maximum absolute atomic E-state index is 12.4. The third-order valence-electron chi connectivity index (χ3n) is 4.37. The third kappa shape index (κ3) is 2.97. The normalized spacial score (nSPS) is 11.1. The molecule has 0 atom stereocenters. The smallest absolute Gasteiger partial charge is 0.240 e. The molecule has 1 amide bonds. The van der Waals surface area contributed by atoms with Crippen molar-refractivity contribution in [2.75, 3.05) is 0 Å². The van der Waals surface area contributed by atoms with Gasteiger partial charge in [0.1, 0.15) is 12.4 Å². The van der Waals surface area contributed by atoms with Gasteiger partial charge in [-0.15, -0.1) is 0 Å². The van der Waals surface area contributed by atoms with Gasteiger partial charge in [0.25, 0.3) is 0 Å². The van der Waals surface area contributed by atoms with Gasteiger partial charge in [0.05, 0.1) is 17.6 Å². The Balaban J connectivity index is 1.49. The van der Waals surface area contributed by atoms with E-state index in [2.05, 4.69) is 15.3 Å². The number of carbonyl (C=O) groups excluding carboxylic acids is 2. The van der Waals surface area contributed by atoms with Crippen molar-refractivity contribution in [2.24, 2.45) is 0 Å². The van der Waals surface area contributed by atoms with Crippen LogP contribution in [-0.4, -0.2) is 26.2 Å². The highest BCUT2D eigenvalue weighted by atomic mass is 16.2. The molecule has 6 nitrogen and oxygen atoms in total. The summed E-state index contributed by atoms with van der Waals surface area (Å²) < 4.78 is 1.81. The van der Waals surface area contributed by atoms with Crippen LogP contribution < -0.4 is 5.32 Å². The van der Waals surface area contributed by atoms with Crippen LogP contribution >= 0.6 is 0 Å². The second-order valence-electron chi connectivity index (χ2n) is 6.22. The van der Waals surface area contributed by atoms with Gasteiger partial charge in [0.2, 0.25) is 5.91 Å². The summed E-state index contributed by atoms with van der Waals surface area (Å²) in [5, 5.41) is 3.74. The van der Waals surface area contributed by atoms with Gasteiger partial charge in [0, 0.05) is 22.7 Å². The van der Waals surface area contributed by atoms with Crippen molar-refractivity contribution in [2.45, 2.75) is 20.0 Å². The Morgan fingerprint density at radius 3 is 2.69 bits per heavy atom. The first-order valence-electron chi connectivity index (χ1n) is 8.41. The van der Waals surface area contributed by atoms with Gasteiger partial charge < -0.3 is 14.9 Å². The number of rotatable bonds is 5. The molecule has 0 radical (unpaired) electrons. The van der Waals surface area contributed by atoms with Crippen LogP contribution in [0.25, 0.3) is 21.9 Å². The number of Topliss-reactive ketones (excluding diaryl/α,β-unsaturated/α-hetero) is 1. The number of fused-ring (bicyclic) bond motifs is 2. The summed E-state index contributed by atoms with van der Waals surface area (Å²) in [5.74, 6) is 0.560. The van der Waals surface area contributed by atoms with Crippen molar-refractivity contribution >= 4 is 33.6 Å². The monoisotopic (exact) mass is 346 g/mol. The lowest BCUT2D eigenvalue weighted by atomic mass is 10.1. The number of imidazole rings is 1. The van der Waals surface area contributed by atoms with Crippen LogP contribution in [0.15, 0.2) is 54.7 Å². The van der Waals surface area contributed by atoms with Gasteiger partial charge in [0.15, 0.2) is 5.78 Å². The second kappa shape index (κ2) is 6.48. The van der Waals surface area contributed by atoms with Gasteiger partial charge in [-0.2, -0.15) is 0 Å². The van der Waals surface area contributed by atoms with Gasteiger partial charge in [-0.05, 0) is 25.1 Å². The molecule has 0 aliphatic carbocycles. The van der Waals surface area contributed by atoms with Crippen LogP contribution in [0.3, 0.4) is 0 Å². The summed E-state index contributed by atoms with van der Waals surface area (Å²) in [5.41, 5.74) is 3.32. The fraction of sp³-hybridized carbons (Fsp3) is 0.150. The number of hydrogen-bond acceptors (Lipinski definition) is 3. The number of carbonyl (C=O) groups is 2. The first-order valence-corrected chi connectivity index (χ1v) is 8.41. The molecular weight excluding hydrogens is 328 g/mol. The van der Waals surface area contributed by atoms with Crippen LogP contribution in [-0.2, 0) is 17.9 Å². The quantitative estimate of drug-likeness (QED) is 0.545. The summed E-state index contributed by atoms with van der Waals surface area (Å²) in [6.45, 7) is 2.01.